The Bertz CT molecular complexity index is 959. The molecule has 0 bridgehead atoms. The van der Waals surface area contributed by atoms with Crippen molar-refractivity contribution in [2.75, 3.05) is 27.2 Å². The van der Waals surface area contributed by atoms with Crippen LogP contribution in [0.1, 0.15) is 31.9 Å². The van der Waals surface area contributed by atoms with Gasteiger partial charge < -0.3 is 35.2 Å². The van der Waals surface area contributed by atoms with Crippen molar-refractivity contribution >= 4 is 12.0 Å². The zero-order valence-corrected chi connectivity index (χ0v) is 21.1. The highest BCUT2D eigenvalue weighted by Crippen LogP contribution is 2.25. The number of benzene rings is 2. The Morgan fingerprint density at radius 3 is 2.26 bits per heavy atom. The van der Waals surface area contributed by atoms with Gasteiger partial charge in [-0.15, -0.1) is 0 Å². The molecule has 0 radical (unpaired) electrons. The van der Waals surface area contributed by atoms with Gasteiger partial charge in [-0.1, -0.05) is 36.4 Å². The van der Waals surface area contributed by atoms with Gasteiger partial charge in [-0.25, -0.2) is 4.79 Å². The number of aromatic hydroxyl groups is 2. The number of carbonyl (C=O) groups is 2. The van der Waals surface area contributed by atoms with E-state index < -0.39 is 23.6 Å². The van der Waals surface area contributed by atoms with Gasteiger partial charge in [-0.3, -0.25) is 4.79 Å². The van der Waals surface area contributed by atoms with Crippen LogP contribution in [0.4, 0.5) is 4.79 Å². The topological polar surface area (TPSA) is 120 Å². The Labute approximate surface area is 207 Å². The van der Waals surface area contributed by atoms with E-state index in [0.29, 0.717) is 13.0 Å². The summed E-state index contributed by atoms with van der Waals surface area (Å²) in [7, 11) is 3.76. The minimum atomic E-state index is -0.980. The Morgan fingerprint density at radius 1 is 0.971 bits per heavy atom. The molecule has 35 heavy (non-hydrogen) atoms. The normalized spacial score (nSPS) is 13.2. The van der Waals surface area contributed by atoms with Gasteiger partial charge in [-0.2, -0.15) is 0 Å². The van der Waals surface area contributed by atoms with Gasteiger partial charge in [0.25, 0.3) is 0 Å². The maximum Gasteiger partial charge on any atom is 0.408 e. The fourth-order valence-electron chi connectivity index (χ4n) is 3.39. The van der Waals surface area contributed by atoms with E-state index in [4.69, 9.17) is 9.47 Å². The summed E-state index contributed by atoms with van der Waals surface area (Å²) in [6.45, 7) is 5.98. The predicted octanol–water partition coefficient (Wildman–Crippen LogP) is 2.80. The third kappa shape index (κ3) is 10.7. The van der Waals surface area contributed by atoms with Crippen molar-refractivity contribution in [3.8, 4) is 11.5 Å². The summed E-state index contributed by atoms with van der Waals surface area (Å²) >= 11 is 0. The first-order valence-electron chi connectivity index (χ1n) is 11.5. The molecule has 2 rings (SSSR count). The van der Waals surface area contributed by atoms with Crippen LogP contribution in [0.2, 0.25) is 0 Å². The van der Waals surface area contributed by atoms with E-state index in [2.05, 4.69) is 10.6 Å². The Morgan fingerprint density at radius 2 is 1.66 bits per heavy atom. The fraction of sp³-hybridized carbons (Fsp3) is 0.462. The van der Waals surface area contributed by atoms with Crippen LogP contribution in [0.3, 0.4) is 0 Å². The van der Waals surface area contributed by atoms with Crippen LogP contribution >= 0.6 is 0 Å². The molecule has 0 saturated heterocycles. The van der Waals surface area contributed by atoms with Crippen molar-refractivity contribution in [3.05, 3.63) is 59.7 Å². The lowest BCUT2D eigenvalue weighted by Crippen LogP contribution is -2.54. The van der Waals surface area contributed by atoms with Crippen LogP contribution < -0.4 is 10.6 Å². The third-order valence-corrected chi connectivity index (χ3v) is 4.86. The molecule has 0 aliphatic carbocycles. The largest absolute Gasteiger partial charge is 0.504 e. The van der Waals surface area contributed by atoms with Crippen LogP contribution in [0, 0.1) is 0 Å². The highest BCUT2D eigenvalue weighted by Gasteiger charge is 2.27. The summed E-state index contributed by atoms with van der Waals surface area (Å²) < 4.78 is 11.1. The molecule has 9 nitrogen and oxygen atoms in total. The van der Waals surface area contributed by atoms with Crippen molar-refractivity contribution in [3.63, 3.8) is 0 Å². The molecule has 2 atom stereocenters. The van der Waals surface area contributed by atoms with E-state index in [-0.39, 0.29) is 30.8 Å². The molecule has 9 heteroatoms. The Balaban J connectivity index is 2.11. The van der Waals surface area contributed by atoms with Crippen LogP contribution in [0.15, 0.2) is 48.5 Å². The van der Waals surface area contributed by atoms with Crippen molar-refractivity contribution in [1.29, 1.82) is 0 Å². The van der Waals surface area contributed by atoms with Crippen molar-refractivity contribution in [2.24, 2.45) is 0 Å². The molecule has 2 aromatic carbocycles. The van der Waals surface area contributed by atoms with Crippen molar-refractivity contribution < 1.29 is 29.3 Å². The van der Waals surface area contributed by atoms with E-state index in [1.165, 1.54) is 12.1 Å². The first-order valence-corrected chi connectivity index (χ1v) is 11.5. The summed E-state index contributed by atoms with van der Waals surface area (Å²) in [5.74, 6) is -0.853. The first kappa shape index (κ1) is 27.9. The second kappa shape index (κ2) is 13.0. The number of nitrogens with zero attached hydrogens (tertiary/aromatic N) is 1. The van der Waals surface area contributed by atoms with Gasteiger partial charge >= 0.3 is 6.09 Å². The molecule has 4 N–H and O–H groups in total. The number of amides is 2. The van der Waals surface area contributed by atoms with Crippen LogP contribution in [-0.2, 0) is 27.3 Å². The lowest BCUT2D eigenvalue weighted by Gasteiger charge is -2.27. The molecule has 0 spiro atoms. The number of hydrogen-bond acceptors (Lipinski definition) is 7. The SMILES string of the molecule is CN(C)C[C@H](Cc1ccc(O)c(O)c1)NC(=O)[C@H](COCc1ccccc1)NC(=O)OC(C)(C)C. The number of likely N-dealkylation sites (N-methyl/N-ethyl adjacent to an activating group) is 1. The van der Waals surface area contributed by atoms with E-state index in [0.717, 1.165) is 11.1 Å². The standard InChI is InChI=1S/C26H37N3O6/c1-26(2,3)35-25(33)28-21(17-34-16-18-9-7-6-8-10-18)24(32)27-20(15-29(4)5)13-19-11-12-22(30)23(31)14-19/h6-12,14,20-21,30-31H,13,15-17H2,1-5H3,(H,27,32)(H,28,33)/t20-,21-/m0/s1. The molecule has 0 heterocycles. The zero-order valence-electron chi connectivity index (χ0n) is 21.1. The van der Waals surface area contributed by atoms with E-state index in [1.807, 2.05) is 49.3 Å². The van der Waals surface area contributed by atoms with E-state index in [1.54, 1.807) is 26.8 Å². The molecule has 0 unspecified atom stereocenters. The fourth-order valence-corrected chi connectivity index (χ4v) is 3.39. The highest BCUT2D eigenvalue weighted by molar-refractivity contribution is 5.86. The summed E-state index contributed by atoms with van der Waals surface area (Å²) in [6.07, 6.45) is -0.310. The van der Waals surface area contributed by atoms with Crippen molar-refractivity contribution in [1.82, 2.24) is 15.5 Å². The predicted molar refractivity (Wildman–Crippen MR) is 133 cm³/mol. The lowest BCUT2D eigenvalue weighted by atomic mass is 10.0. The average molecular weight is 488 g/mol. The Kier molecular flexibility index (Phi) is 10.4. The monoisotopic (exact) mass is 487 g/mol. The molecule has 0 aromatic heterocycles. The number of nitrogens with one attached hydrogen (secondary N) is 2. The van der Waals surface area contributed by atoms with Gasteiger partial charge in [0.1, 0.15) is 11.6 Å². The maximum atomic E-state index is 13.2. The van der Waals surface area contributed by atoms with E-state index in [9.17, 15) is 19.8 Å². The number of rotatable bonds is 11. The van der Waals surface area contributed by atoms with Crippen molar-refractivity contribution in [2.45, 2.75) is 51.5 Å². The number of phenols is 2. The maximum absolute atomic E-state index is 13.2. The summed E-state index contributed by atoms with van der Waals surface area (Å²) in [5.41, 5.74) is 0.968. The lowest BCUT2D eigenvalue weighted by molar-refractivity contribution is -0.125. The molecule has 0 fully saturated rings. The second-order valence-electron chi connectivity index (χ2n) is 9.69. The minimum Gasteiger partial charge on any atom is -0.504 e. The van der Waals surface area contributed by atoms with Crippen LogP contribution in [0.25, 0.3) is 0 Å². The second-order valence-corrected chi connectivity index (χ2v) is 9.69. The van der Waals surface area contributed by atoms with Gasteiger partial charge in [-0.05, 0) is 64.5 Å². The molecule has 0 aliphatic rings. The Hall–Kier alpha value is -3.30. The molecular formula is C26H37N3O6. The molecule has 2 aromatic rings. The molecule has 2 amide bonds. The smallest absolute Gasteiger partial charge is 0.408 e. The first-order chi connectivity index (χ1) is 16.4. The minimum absolute atomic E-state index is 0.0470. The number of phenolic OH excluding ortho intramolecular Hbond substituents is 2. The van der Waals surface area contributed by atoms with Gasteiger partial charge in [0.2, 0.25) is 5.91 Å². The number of ether oxygens (including phenoxy) is 2. The average Bonchev–Trinajstić information content (AvgIpc) is 2.74. The summed E-state index contributed by atoms with van der Waals surface area (Å²) in [6, 6.07) is 12.8. The molecule has 192 valence electrons. The van der Waals surface area contributed by atoms with E-state index >= 15 is 0 Å². The van der Waals surface area contributed by atoms with Crippen LogP contribution in [0.5, 0.6) is 11.5 Å². The van der Waals surface area contributed by atoms with Gasteiger partial charge in [0, 0.05) is 12.6 Å². The number of carbonyl (C=O) groups excluding carboxylic acids is 2. The molecule has 0 saturated carbocycles. The quantitative estimate of drug-likeness (QED) is 0.360. The third-order valence-electron chi connectivity index (χ3n) is 4.86. The van der Waals surface area contributed by atoms with Gasteiger partial charge in [0.05, 0.1) is 13.2 Å². The molecule has 0 aliphatic heterocycles. The number of alkyl carbamates (subject to hydrolysis) is 1. The zero-order chi connectivity index (χ0) is 26.0. The molecular weight excluding hydrogens is 450 g/mol. The van der Waals surface area contributed by atoms with Crippen LogP contribution in [-0.4, -0.2) is 72.0 Å². The summed E-state index contributed by atoms with van der Waals surface area (Å²) in [5, 5.41) is 25.0. The highest BCUT2D eigenvalue weighted by atomic mass is 16.6. The van der Waals surface area contributed by atoms with Gasteiger partial charge in [0.15, 0.2) is 11.5 Å². The number of hydrogen-bond donors (Lipinski definition) is 4. The summed E-state index contributed by atoms with van der Waals surface area (Å²) in [4.78, 5) is 27.5.